The minimum absolute atomic E-state index is 0.642. The lowest BCUT2D eigenvalue weighted by Gasteiger charge is -2.13. The van der Waals surface area contributed by atoms with Crippen LogP contribution in [0.3, 0.4) is 0 Å². The van der Waals surface area contributed by atoms with E-state index in [9.17, 15) is 0 Å². The number of furan rings is 2. The Kier molecular flexibility index (Phi) is 7.64. The smallest absolute Gasteiger partial charge is 0.160 e. The third-order valence-electron chi connectivity index (χ3n) is 10.9. The van der Waals surface area contributed by atoms with E-state index in [1.165, 1.54) is 0 Å². The molecule has 7 aromatic carbocycles. The van der Waals surface area contributed by atoms with E-state index in [1.54, 1.807) is 0 Å². The van der Waals surface area contributed by atoms with Crippen molar-refractivity contribution in [1.29, 1.82) is 0 Å². The number of nitrogens with zero attached hydrogens (tertiary/aromatic N) is 3. The second-order valence-electron chi connectivity index (χ2n) is 14.5. The van der Waals surface area contributed by atoms with Gasteiger partial charge in [-0.3, -0.25) is 4.98 Å². The Morgan fingerprint density at radius 1 is 0.351 bits per heavy atom. The molecule has 5 heteroatoms. The summed E-state index contributed by atoms with van der Waals surface area (Å²) in [7, 11) is 0. The van der Waals surface area contributed by atoms with Crippen molar-refractivity contribution in [2.24, 2.45) is 0 Å². The normalized spacial score (nSPS) is 11.6. The van der Waals surface area contributed by atoms with Crippen molar-refractivity contribution in [1.82, 2.24) is 15.0 Å². The molecule has 0 N–H and O–H groups in total. The van der Waals surface area contributed by atoms with E-state index in [1.807, 2.05) is 54.7 Å². The fourth-order valence-electron chi connectivity index (χ4n) is 7.97. The molecule has 0 amide bonds. The monoisotopic (exact) mass is 731 g/mol. The highest BCUT2D eigenvalue weighted by atomic mass is 16.3. The Morgan fingerprint density at radius 2 is 0.842 bits per heavy atom. The average molecular weight is 732 g/mol. The van der Waals surface area contributed by atoms with Gasteiger partial charge in [-0.25, -0.2) is 9.97 Å². The van der Waals surface area contributed by atoms with Crippen LogP contribution < -0.4 is 0 Å². The standard InChI is InChI=1S/C52H33N3O2/c1-32-10-9-25-53-51(32)35-19-17-34(18-20-35)46-31-45(33-11-3-2-4-12-33)54-52(55-46)40-27-38(36-21-23-49-43(29-36)41-13-5-7-15-47(41)56-49)26-39(28-40)37-22-24-50-44(30-37)42-14-6-8-16-48(42)57-50/h2-31H,1H3. The van der Waals surface area contributed by atoms with E-state index in [2.05, 4.69) is 139 Å². The van der Waals surface area contributed by atoms with E-state index < -0.39 is 0 Å². The van der Waals surface area contributed by atoms with Gasteiger partial charge in [-0.2, -0.15) is 0 Å². The molecule has 0 aliphatic rings. The zero-order chi connectivity index (χ0) is 37.9. The Bertz CT molecular complexity index is 3170. The maximum absolute atomic E-state index is 6.21. The molecule has 4 aromatic heterocycles. The van der Waals surface area contributed by atoms with Crippen LogP contribution >= 0.6 is 0 Å². The Labute approximate surface area is 328 Å². The summed E-state index contributed by atoms with van der Waals surface area (Å²) >= 11 is 0. The predicted octanol–water partition coefficient (Wildman–Crippen LogP) is 14.0. The van der Waals surface area contributed by atoms with Gasteiger partial charge in [0.05, 0.1) is 17.1 Å². The van der Waals surface area contributed by atoms with Crippen LogP contribution in [0.15, 0.2) is 191 Å². The fraction of sp³-hybridized carbons (Fsp3) is 0.0192. The topological polar surface area (TPSA) is 65.0 Å². The maximum atomic E-state index is 6.21. The van der Waals surface area contributed by atoms with E-state index in [-0.39, 0.29) is 0 Å². The number of hydrogen-bond acceptors (Lipinski definition) is 5. The number of pyridine rings is 1. The number of benzene rings is 7. The molecule has 0 aliphatic heterocycles. The quantitative estimate of drug-likeness (QED) is 0.170. The molecule has 5 nitrogen and oxygen atoms in total. The van der Waals surface area contributed by atoms with Gasteiger partial charge in [0.25, 0.3) is 0 Å². The van der Waals surface area contributed by atoms with Crippen molar-refractivity contribution in [3.63, 3.8) is 0 Å². The van der Waals surface area contributed by atoms with E-state index in [0.29, 0.717) is 5.82 Å². The molecule has 11 rings (SSSR count). The molecular weight excluding hydrogens is 699 g/mol. The molecule has 0 spiro atoms. The van der Waals surface area contributed by atoms with Crippen molar-refractivity contribution in [3.05, 3.63) is 188 Å². The first-order valence-electron chi connectivity index (χ1n) is 19.1. The zero-order valence-electron chi connectivity index (χ0n) is 31.0. The van der Waals surface area contributed by atoms with Gasteiger partial charge < -0.3 is 8.83 Å². The van der Waals surface area contributed by atoms with Gasteiger partial charge in [0.2, 0.25) is 0 Å². The summed E-state index contributed by atoms with van der Waals surface area (Å²) in [6, 6.07) is 60.9. The van der Waals surface area contributed by atoms with E-state index in [0.717, 1.165) is 111 Å². The summed E-state index contributed by atoms with van der Waals surface area (Å²) in [6.07, 6.45) is 1.84. The second-order valence-corrected chi connectivity index (χ2v) is 14.5. The highest BCUT2D eigenvalue weighted by molar-refractivity contribution is 6.07. The number of rotatable bonds is 6. The first-order chi connectivity index (χ1) is 28.1. The molecule has 0 unspecified atom stereocenters. The molecule has 0 aliphatic carbocycles. The molecular formula is C52H33N3O2. The molecule has 268 valence electrons. The first-order valence-corrected chi connectivity index (χ1v) is 19.1. The molecule has 0 saturated heterocycles. The molecule has 4 heterocycles. The highest BCUT2D eigenvalue weighted by Crippen LogP contribution is 2.39. The lowest BCUT2D eigenvalue weighted by atomic mass is 9.94. The van der Waals surface area contributed by atoms with Gasteiger partial charge >= 0.3 is 0 Å². The highest BCUT2D eigenvalue weighted by Gasteiger charge is 2.17. The molecule has 0 atom stereocenters. The van der Waals surface area contributed by atoms with E-state index >= 15 is 0 Å². The van der Waals surface area contributed by atoms with Gasteiger partial charge in [0, 0.05) is 50.0 Å². The van der Waals surface area contributed by atoms with Crippen molar-refractivity contribution >= 4 is 43.9 Å². The van der Waals surface area contributed by atoms with Crippen LogP contribution in [0.1, 0.15) is 5.56 Å². The van der Waals surface area contributed by atoms with Crippen molar-refractivity contribution in [3.8, 4) is 67.4 Å². The number of aromatic nitrogens is 3. The van der Waals surface area contributed by atoms with Crippen LogP contribution in [0.2, 0.25) is 0 Å². The lowest BCUT2D eigenvalue weighted by Crippen LogP contribution is -1.97. The van der Waals surface area contributed by atoms with E-state index in [4.69, 9.17) is 18.8 Å². The van der Waals surface area contributed by atoms with Crippen LogP contribution in [0.5, 0.6) is 0 Å². The van der Waals surface area contributed by atoms with Crippen LogP contribution in [0, 0.1) is 6.92 Å². The molecule has 0 bridgehead atoms. The van der Waals surface area contributed by atoms with Crippen LogP contribution in [-0.2, 0) is 0 Å². The average Bonchev–Trinajstić information content (AvgIpc) is 3.84. The predicted molar refractivity (Wildman–Crippen MR) is 232 cm³/mol. The van der Waals surface area contributed by atoms with Crippen LogP contribution in [0.25, 0.3) is 111 Å². The summed E-state index contributed by atoms with van der Waals surface area (Å²) in [5.74, 6) is 0.642. The first kappa shape index (κ1) is 32.8. The zero-order valence-corrected chi connectivity index (χ0v) is 31.0. The summed E-state index contributed by atoms with van der Waals surface area (Å²) in [5, 5.41) is 4.34. The summed E-state index contributed by atoms with van der Waals surface area (Å²) < 4.78 is 12.4. The van der Waals surface area contributed by atoms with Crippen molar-refractivity contribution in [2.75, 3.05) is 0 Å². The minimum Gasteiger partial charge on any atom is -0.456 e. The molecule has 0 saturated carbocycles. The molecule has 0 fully saturated rings. The second kappa shape index (κ2) is 13.3. The summed E-state index contributed by atoms with van der Waals surface area (Å²) in [4.78, 5) is 15.2. The SMILES string of the molecule is Cc1cccnc1-c1ccc(-c2cc(-c3ccccc3)nc(-c3cc(-c4ccc5oc6ccccc6c5c4)cc(-c4ccc5oc6ccccc6c5c4)c3)n2)cc1. The third-order valence-corrected chi connectivity index (χ3v) is 10.9. The van der Waals surface area contributed by atoms with Crippen LogP contribution in [-0.4, -0.2) is 15.0 Å². The largest absolute Gasteiger partial charge is 0.456 e. The fourth-order valence-corrected chi connectivity index (χ4v) is 7.97. The minimum atomic E-state index is 0.642. The molecule has 57 heavy (non-hydrogen) atoms. The Morgan fingerprint density at radius 3 is 1.44 bits per heavy atom. The lowest BCUT2D eigenvalue weighted by molar-refractivity contribution is 0.668. The summed E-state index contributed by atoms with van der Waals surface area (Å²) in [5.41, 5.74) is 15.5. The van der Waals surface area contributed by atoms with Gasteiger partial charge in [0.15, 0.2) is 5.82 Å². The van der Waals surface area contributed by atoms with Crippen molar-refractivity contribution < 1.29 is 8.83 Å². The van der Waals surface area contributed by atoms with Gasteiger partial charge in [-0.15, -0.1) is 0 Å². The molecule has 11 aromatic rings. The number of aryl methyl sites for hydroxylation is 1. The molecule has 0 radical (unpaired) electrons. The number of fused-ring (bicyclic) bond motifs is 6. The van der Waals surface area contributed by atoms with Gasteiger partial charge in [0.1, 0.15) is 22.3 Å². The summed E-state index contributed by atoms with van der Waals surface area (Å²) in [6.45, 7) is 2.09. The number of para-hydroxylation sites is 2. The van der Waals surface area contributed by atoms with Gasteiger partial charge in [-0.1, -0.05) is 109 Å². The Balaban J connectivity index is 1.11. The Hall–Kier alpha value is -7.63. The third kappa shape index (κ3) is 5.85. The number of hydrogen-bond donors (Lipinski definition) is 0. The van der Waals surface area contributed by atoms with Crippen LogP contribution in [0.4, 0.5) is 0 Å². The maximum Gasteiger partial charge on any atom is 0.160 e. The van der Waals surface area contributed by atoms with Crippen molar-refractivity contribution in [2.45, 2.75) is 6.92 Å². The van der Waals surface area contributed by atoms with Gasteiger partial charge in [-0.05, 0) is 101 Å².